The first kappa shape index (κ1) is 41.1. The number of hydrogen-bond donors (Lipinski definition) is 4. The highest BCUT2D eigenvalue weighted by molar-refractivity contribution is 6.29. The van der Waals surface area contributed by atoms with Crippen LogP contribution in [0.15, 0.2) is 53.4 Å². The molecule has 0 spiro atoms. The van der Waals surface area contributed by atoms with Gasteiger partial charge in [0.15, 0.2) is 18.0 Å². The van der Waals surface area contributed by atoms with Crippen LogP contribution in [-0.4, -0.2) is 82.7 Å². The van der Waals surface area contributed by atoms with E-state index < -0.39 is 18.0 Å². The Morgan fingerprint density at radius 1 is 1.09 bits per heavy atom. The van der Waals surface area contributed by atoms with Gasteiger partial charge in [0.25, 0.3) is 18.2 Å². The molecule has 0 saturated heterocycles. The van der Waals surface area contributed by atoms with E-state index in [2.05, 4.69) is 36.3 Å². The van der Waals surface area contributed by atoms with Crippen molar-refractivity contribution in [1.82, 2.24) is 30.4 Å². The van der Waals surface area contributed by atoms with Crippen LogP contribution in [0.3, 0.4) is 0 Å². The van der Waals surface area contributed by atoms with Gasteiger partial charge in [-0.15, -0.1) is 11.6 Å². The summed E-state index contributed by atoms with van der Waals surface area (Å²) in [6, 6.07) is 9.14. The van der Waals surface area contributed by atoms with Gasteiger partial charge in [0.1, 0.15) is 23.7 Å². The van der Waals surface area contributed by atoms with Gasteiger partial charge in [-0.1, -0.05) is 0 Å². The number of pyridine rings is 1. The molecule has 4 aromatic rings. The second-order valence-electron chi connectivity index (χ2n) is 15.3. The van der Waals surface area contributed by atoms with Gasteiger partial charge in [-0.05, 0) is 119 Å². The predicted molar refractivity (Wildman–Crippen MR) is 216 cm³/mol. The molecular formula is C41H50ClF2N9O5. The normalized spacial score (nSPS) is 18.4. The molecular weight excluding hydrogens is 772 g/mol. The first-order valence-electron chi connectivity index (χ1n) is 20.1. The van der Waals surface area contributed by atoms with Crippen LogP contribution in [0, 0.1) is 11.8 Å². The van der Waals surface area contributed by atoms with E-state index in [-0.39, 0.29) is 53.7 Å². The summed E-state index contributed by atoms with van der Waals surface area (Å²) in [6.45, 7) is 1.87. The number of aryl methyl sites for hydroxylation is 1. The third-order valence-electron chi connectivity index (χ3n) is 11.3. The molecule has 2 aliphatic carbocycles. The van der Waals surface area contributed by atoms with Crippen molar-refractivity contribution >= 4 is 46.5 Å². The van der Waals surface area contributed by atoms with Crippen molar-refractivity contribution in [1.29, 1.82) is 0 Å². The molecule has 3 aliphatic rings. The molecule has 1 aliphatic heterocycles. The first-order valence-corrected chi connectivity index (χ1v) is 20.6. The lowest BCUT2D eigenvalue weighted by atomic mass is 9.80. The van der Waals surface area contributed by atoms with E-state index in [9.17, 15) is 23.2 Å². The van der Waals surface area contributed by atoms with Crippen molar-refractivity contribution < 1.29 is 32.3 Å². The summed E-state index contributed by atoms with van der Waals surface area (Å²) in [5.41, 5.74) is 1.88. The molecule has 1 aromatic carbocycles. The average Bonchev–Trinajstić information content (AvgIpc) is 3.76. The number of benzene rings is 1. The van der Waals surface area contributed by atoms with E-state index >= 15 is 0 Å². The van der Waals surface area contributed by atoms with Gasteiger partial charge >= 0.3 is 0 Å². The quantitative estimate of drug-likeness (QED) is 0.0622. The zero-order valence-electron chi connectivity index (χ0n) is 32.5. The number of hydrogen-bond acceptors (Lipinski definition) is 10. The monoisotopic (exact) mass is 821 g/mol. The fraction of sp³-hybridized carbons (Fsp3) is 0.512. The number of nitrogens with zero attached hydrogens (tertiary/aromatic N) is 5. The van der Waals surface area contributed by atoms with Crippen LogP contribution in [0.1, 0.15) is 92.0 Å². The van der Waals surface area contributed by atoms with E-state index in [0.29, 0.717) is 42.1 Å². The Bertz CT molecular complexity index is 2050. The minimum absolute atomic E-state index is 0.0416. The number of nitrogens with one attached hydrogen (secondary N) is 4. The van der Waals surface area contributed by atoms with Crippen molar-refractivity contribution in [2.24, 2.45) is 11.8 Å². The van der Waals surface area contributed by atoms with Gasteiger partial charge in [-0.2, -0.15) is 5.10 Å². The van der Waals surface area contributed by atoms with Crippen molar-refractivity contribution in [2.75, 3.05) is 54.7 Å². The molecule has 58 heavy (non-hydrogen) atoms. The highest BCUT2D eigenvalue weighted by Crippen LogP contribution is 2.37. The number of oxazole rings is 1. The zero-order chi connectivity index (χ0) is 40.6. The summed E-state index contributed by atoms with van der Waals surface area (Å²) in [5, 5.41) is 16.5. The second-order valence-corrected chi connectivity index (χ2v) is 15.5. The van der Waals surface area contributed by atoms with Gasteiger partial charge < -0.3 is 35.3 Å². The van der Waals surface area contributed by atoms with E-state index in [4.69, 9.17) is 20.8 Å². The Morgan fingerprint density at radius 2 is 1.91 bits per heavy atom. The number of aromatic nitrogens is 4. The van der Waals surface area contributed by atoms with E-state index in [1.807, 2.05) is 19.2 Å². The maximum atomic E-state index is 14.1. The number of carbonyl (C=O) groups is 3. The van der Waals surface area contributed by atoms with Crippen LogP contribution in [-0.2, 0) is 16.0 Å². The topological polar surface area (TPSA) is 169 Å². The smallest absolute Gasteiger partial charge is 0.284 e. The fourth-order valence-electron chi connectivity index (χ4n) is 7.91. The highest BCUT2D eigenvalue weighted by atomic mass is 35.5. The number of fused-ring (bicyclic) bond motifs is 1. The number of rotatable bonds is 18. The Balaban J connectivity index is 0.849. The molecule has 2 saturated carbocycles. The standard InChI is InChI=1S/C41H50ClF2N9O5/c1-45-31(5-2-15-47-36(54)24-57-30-12-13-34-27(18-30)4-3-17-52(34)37(55)20-42)26-8-10-29(11-9-26)53-22-32(38(51-53)39(43)44)49-40(56)33-23-58-41(50-33)28-14-16-46-35(19-28)48-21-25-6-7-25/h12-14,16,18-19,22-23,25-26,29,31,39,45H,2-11,15,17,20-21,24H2,1H3,(H,46,48)(H,47,54)(H,49,56). The molecule has 7 rings (SSSR count). The summed E-state index contributed by atoms with van der Waals surface area (Å²) in [4.78, 5) is 48.2. The van der Waals surface area contributed by atoms with Gasteiger partial charge in [0.05, 0.1) is 11.7 Å². The van der Waals surface area contributed by atoms with Gasteiger partial charge in [-0.3, -0.25) is 19.1 Å². The Kier molecular flexibility index (Phi) is 13.5. The van der Waals surface area contributed by atoms with Crippen LogP contribution in [0.25, 0.3) is 11.5 Å². The maximum absolute atomic E-state index is 14.1. The molecule has 17 heteroatoms. The van der Waals surface area contributed by atoms with Crippen LogP contribution in [0.5, 0.6) is 5.75 Å². The van der Waals surface area contributed by atoms with Gasteiger partial charge in [-0.25, -0.2) is 18.7 Å². The van der Waals surface area contributed by atoms with Crippen LogP contribution in [0.4, 0.5) is 26.0 Å². The third-order valence-corrected chi connectivity index (χ3v) is 11.5. The molecule has 1 atom stereocenters. The average molecular weight is 822 g/mol. The van der Waals surface area contributed by atoms with Crippen LogP contribution < -0.4 is 30.9 Å². The second kappa shape index (κ2) is 19.1. The fourth-order valence-corrected chi connectivity index (χ4v) is 8.05. The summed E-state index contributed by atoms with van der Waals surface area (Å²) >= 11 is 5.77. The summed E-state index contributed by atoms with van der Waals surface area (Å²) in [5.74, 6) is 1.43. The van der Waals surface area contributed by atoms with Crippen molar-refractivity contribution in [3.63, 3.8) is 0 Å². The van der Waals surface area contributed by atoms with Crippen LogP contribution in [0.2, 0.25) is 0 Å². The molecule has 0 radical (unpaired) electrons. The molecule has 2 fully saturated rings. The number of amides is 3. The van der Waals surface area contributed by atoms with Crippen molar-refractivity contribution in [2.45, 2.75) is 82.7 Å². The van der Waals surface area contributed by atoms with E-state index in [1.54, 1.807) is 34.0 Å². The van der Waals surface area contributed by atoms with Crippen LogP contribution >= 0.6 is 11.6 Å². The Labute approximate surface area is 340 Å². The molecule has 4 N–H and O–H groups in total. The maximum Gasteiger partial charge on any atom is 0.284 e. The summed E-state index contributed by atoms with van der Waals surface area (Å²) in [7, 11) is 1.93. The SMILES string of the molecule is CNC(CCCNC(=O)COc1ccc2c(c1)CCCN2C(=O)CCl)C1CCC(n2cc(NC(=O)c3coc(-c4ccnc(NCC5CC5)c4)n3)c(C(F)F)n2)CC1. The number of ether oxygens (including phenoxy) is 1. The molecule has 4 heterocycles. The van der Waals surface area contributed by atoms with Gasteiger partial charge in [0.2, 0.25) is 11.8 Å². The van der Waals surface area contributed by atoms with E-state index in [0.717, 1.165) is 69.2 Å². The lowest BCUT2D eigenvalue weighted by Crippen LogP contribution is -2.37. The highest BCUT2D eigenvalue weighted by Gasteiger charge is 2.30. The van der Waals surface area contributed by atoms with Crippen molar-refractivity contribution in [3.8, 4) is 17.2 Å². The molecule has 14 nitrogen and oxygen atoms in total. The number of halogens is 3. The Morgan fingerprint density at radius 3 is 2.67 bits per heavy atom. The lowest BCUT2D eigenvalue weighted by Gasteiger charge is -2.34. The number of anilines is 3. The number of carbonyl (C=O) groups excluding carboxylic acids is 3. The number of alkyl halides is 3. The lowest BCUT2D eigenvalue weighted by molar-refractivity contribution is -0.123. The molecule has 1 unspecified atom stereocenters. The molecule has 3 amide bonds. The third kappa shape index (κ3) is 10.3. The summed E-state index contributed by atoms with van der Waals surface area (Å²) in [6.07, 6.45) is 10.4. The Hall–Kier alpha value is -5.09. The summed E-state index contributed by atoms with van der Waals surface area (Å²) < 4.78 is 41.2. The largest absolute Gasteiger partial charge is 0.484 e. The van der Waals surface area contributed by atoms with Gasteiger partial charge in [0, 0.05) is 49.3 Å². The zero-order valence-corrected chi connectivity index (χ0v) is 33.3. The molecule has 310 valence electrons. The predicted octanol–water partition coefficient (Wildman–Crippen LogP) is 6.76. The minimum atomic E-state index is -2.88. The minimum Gasteiger partial charge on any atom is -0.484 e. The molecule has 0 bridgehead atoms. The van der Waals surface area contributed by atoms with E-state index in [1.165, 1.54) is 25.3 Å². The van der Waals surface area contributed by atoms with Crippen molar-refractivity contribution in [3.05, 3.63) is 65.9 Å². The first-order chi connectivity index (χ1) is 28.2. The molecule has 3 aromatic heterocycles.